The number of rotatable bonds is 4. The number of phenolic OH excluding ortho intramolecular Hbond substituents is 2. The molecule has 0 saturated carbocycles. The van der Waals surface area contributed by atoms with E-state index in [0.717, 1.165) is 12.2 Å². The van der Waals surface area contributed by atoms with E-state index in [1.807, 2.05) is 0 Å². The van der Waals surface area contributed by atoms with Gasteiger partial charge in [0.2, 0.25) is 0 Å². The molecular weight excluding hydrogens is 340 g/mol. The molecule has 1 aromatic carbocycles. The maximum absolute atomic E-state index is 11.2. The lowest BCUT2D eigenvalue weighted by Crippen LogP contribution is -2.11. The van der Waals surface area contributed by atoms with Crippen molar-refractivity contribution in [1.29, 1.82) is 0 Å². The van der Waals surface area contributed by atoms with E-state index < -0.39 is 23.5 Å². The Morgan fingerprint density at radius 1 is 1.08 bits per heavy atom. The zero-order valence-corrected chi connectivity index (χ0v) is 14.2. The van der Waals surface area contributed by atoms with Crippen LogP contribution in [-0.2, 0) is 4.79 Å². The van der Waals surface area contributed by atoms with Crippen molar-refractivity contribution in [1.82, 2.24) is 0 Å². The Hall–Kier alpha value is -3.19. The van der Waals surface area contributed by atoms with Crippen molar-refractivity contribution >= 4 is 11.9 Å². The summed E-state index contributed by atoms with van der Waals surface area (Å²) in [4.78, 5) is 11.2. The maximum atomic E-state index is 11.2. The van der Waals surface area contributed by atoms with Crippen LogP contribution in [0.3, 0.4) is 0 Å². The largest absolute Gasteiger partial charge is 0.508 e. The van der Waals surface area contributed by atoms with Crippen LogP contribution >= 0.6 is 0 Å². The van der Waals surface area contributed by atoms with E-state index in [1.54, 1.807) is 6.92 Å². The van der Waals surface area contributed by atoms with E-state index >= 15 is 0 Å². The van der Waals surface area contributed by atoms with E-state index in [-0.39, 0.29) is 45.8 Å². The molecule has 1 aliphatic rings. The predicted molar refractivity (Wildman–Crippen MR) is 94.7 cm³/mol. The van der Waals surface area contributed by atoms with Gasteiger partial charge in [0.05, 0.1) is 6.10 Å². The third-order valence-corrected chi connectivity index (χ3v) is 4.26. The zero-order chi connectivity index (χ0) is 19.6. The van der Waals surface area contributed by atoms with Gasteiger partial charge in [0, 0.05) is 17.1 Å². The van der Waals surface area contributed by atoms with Gasteiger partial charge in [0.15, 0.2) is 23.5 Å². The van der Waals surface area contributed by atoms with E-state index in [4.69, 9.17) is 0 Å². The van der Waals surface area contributed by atoms with Gasteiger partial charge in [-0.05, 0) is 42.3 Å². The third-order valence-electron chi connectivity index (χ3n) is 4.26. The van der Waals surface area contributed by atoms with Gasteiger partial charge < -0.3 is 30.6 Å². The first-order valence-electron chi connectivity index (χ1n) is 7.79. The minimum Gasteiger partial charge on any atom is -0.508 e. The number of carbonyl (C=O) groups is 1. The fourth-order valence-corrected chi connectivity index (χ4v) is 2.98. The first-order chi connectivity index (χ1) is 12.2. The van der Waals surface area contributed by atoms with Gasteiger partial charge in [-0.1, -0.05) is 13.0 Å². The van der Waals surface area contributed by atoms with Gasteiger partial charge in [0.1, 0.15) is 11.5 Å². The van der Waals surface area contributed by atoms with Gasteiger partial charge in [-0.2, -0.15) is 0 Å². The summed E-state index contributed by atoms with van der Waals surface area (Å²) in [6, 6.07) is 3.75. The zero-order valence-electron chi connectivity index (χ0n) is 14.2. The minimum absolute atomic E-state index is 0.0637. The second-order valence-electron chi connectivity index (χ2n) is 5.98. The van der Waals surface area contributed by atoms with E-state index in [9.17, 15) is 35.4 Å². The summed E-state index contributed by atoms with van der Waals surface area (Å²) in [7, 11) is 0. The monoisotopic (exact) mass is 360 g/mol. The molecule has 26 heavy (non-hydrogen) atoms. The molecule has 0 heterocycles. The van der Waals surface area contributed by atoms with Crippen LogP contribution in [0.4, 0.5) is 0 Å². The normalized spacial score (nSPS) is 19.9. The number of aliphatic hydroxyl groups is 4. The van der Waals surface area contributed by atoms with Crippen molar-refractivity contribution in [2.45, 2.75) is 20.0 Å². The molecule has 0 amide bonds. The second-order valence-corrected chi connectivity index (χ2v) is 5.98. The Balaban J connectivity index is 2.68. The van der Waals surface area contributed by atoms with E-state index in [0.29, 0.717) is 0 Å². The second kappa shape index (κ2) is 7.37. The smallest absolute Gasteiger partial charge is 0.184 e. The molecule has 2 atom stereocenters. The molecule has 1 aliphatic carbocycles. The van der Waals surface area contributed by atoms with Crippen molar-refractivity contribution in [3.63, 3.8) is 0 Å². The Bertz CT molecular complexity index is 859. The first kappa shape index (κ1) is 19.1. The molecule has 138 valence electrons. The molecule has 0 saturated heterocycles. The van der Waals surface area contributed by atoms with Crippen molar-refractivity contribution in [2.24, 2.45) is 5.92 Å². The predicted octanol–water partition coefficient (Wildman–Crippen LogP) is 2.78. The third kappa shape index (κ3) is 3.57. The summed E-state index contributed by atoms with van der Waals surface area (Å²) in [5.74, 6) is -2.83. The molecule has 0 radical (unpaired) electrons. The van der Waals surface area contributed by atoms with Crippen molar-refractivity contribution < 1.29 is 35.4 Å². The highest BCUT2D eigenvalue weighted by molar-refractivity contribution is 5.88. The number of aliphatic hydroxyl groups excluding tert-OH is 4. The van der Waals surface area contributed by atoms with Crippen LogP contribution in [0.5, 0.6) is 11.5 Å². The quantitative estimate of drug-likeness (QED) is 0.210. The SMILES string of the molecule is CC1=C([C@@H](C)/C(=C(/O)C=O)c2ccc(O)c(O)c2)C(O)=CC(O)C=C1O. The fraction of sp³-hybridized carbons (Fsp3) is 0.211. The Morgan fingerprint density at radius 2 is 1.69 bits per heavy atom. The van der Waals surface area contributed by atoms with Crippen LogP contribution in [0, 0.1) is 5.92 Å². The van der Waals surface area contributed by atoms with E-state index in [1.165, 1.54) is 25.1 Å². The Morgan fingerprint density at radius 3 is 2.27 bits per heavy atom. The van der Waals surface area contributed by atoms with Gasteiger partial charge in [-0.15, -0.1) is 0 Å². The number of benzene rings is 1. The van der Waals surface area contributed by atoms with E-state index in [2.05, 4.69) is 0 Å². The number of carbonyl (C=O) groups excluding carboxylic acids is 1. The van der Waals surface area contributed by atoms with Crippen LogP contribution in [0.2, 0.25) is 0 Å². The highest BCUT2D eigenvalue weighted by Crippen LogP contribution is 2.39. The summed E-state index contributed by atoms with van der Waals surface area (Å²) < 4.78 is 0. The highest BCUT2D eigenvalue weighted by atomic mass is 16.3. The summed E-state index contributed by atoms with van der Waals surface area (Å²) in [6.07, 6.45) is 1.26. The topological polar surface area (TPSA) is 138 Å². The van der Waals surface area contributed by atoms with Gasteiger partial charge in [-0.25, -0.2) is 0 Å². The molecule has 0 aromatic heterocycles. The fourth-order valence-electron chi connectivity index (χ4n) is 2.98. The molecule has 2 rings (SSSR count). The van der Waals surface area contributed by atoms with Crippen LogP contribution in [0.15, 0.2) is 58.8 Å². The summed E-state index contributed by atoms with van der Waals surface area (Å²) >= 11 is 0. The molecule has 0 aliphatic heterocycles. The average molecular weight is 360 g/mol. The minimum atomic E-state index is -1.21. The summed E-state index contributed by atoms with van der Waals surface area (Å²) in [5, 5.41) is 59.5. The van der Waals surface area contributed by atoms with Gasteiger partial charge in [-0.3, -0.25) is 4.79 Å². The molecule has 1 aromatic rings. The lowest BCUT2D eigenvalue weighted by molar-refractivity contribution is -0.106. The first-order valence-corrected chi connectivity index (χ1v) is 7.79. The number of phenols is 2. The number of allylic oxidation sites excluding steroid dienone is 4. The molecule has 0 bridgehead atoms. The molecule has 6 N–H and O–H groups in total. The molecule has 0 fully saturated rings. The molecule has 7 heteroatoms. The molecule has 1 unspecified atom stereocenters. The van der Waals surface area contributed by atoms with Gasteiger partial charge >= 0.3 is 0 Å². The lowest BCUT2D eigenvalue weighted by Gasteiger charge is -2.22. The van der Waals surface area contributed by atoms with Crippen molar-refractivity contribution in [2.75, 3.05) is 0 Å². The number of hydrogen-bond acceptors (Lipinski definition) is 7. The molecule has 0 spiro atoms. The summed E-state index contributed by atoms with van der Waals surface area (Å²) in [5.41, 5.74) is 0.737. The highest BCUT2D eigenvalue weighted by Gasteiger charge is 2.27. The molecular formula is C19H20O7. The van der Waals surface area contributed by atoms with Crippen LogP contribution < -0.4 is 0 Å². The van der Waals surface area contributed by atoms with Crippen molar-refractivity contribution in [3.8, 4) is 11.5 Å². The van der Waals surface area contributed by atoms with Crippen LogP contribution in [-0.4, -0.2) is 43.0 Å². The van der Waals surface area contributed by atoms with Crippen LogP contribution in [0.1, 0.15) is 19.4 Å². The molecule has 7 nitrogen and oxygen atoms in total. The van der Waals surface area contributed by atoms with Crippen molar-refractivity contribution in [3.05, 3.63) is 64.3 Å². The average Bonchev–Trinajstić information content (AvgIpc) is 2.66. The number of aromatic hydroxyl groups is 2. The summed E-state index contributed by atoms with van der Waals surface area (Å²) in [6.45, 7) is 3.09. The van der Waals surface area contributed by atoms with Crippen LogP contribution in [0.25, 0.3) is 5.57 Å². The maximum Gasteiger partial charge on any atom is 0.184 e. The number of hydrogen-bond donors (Lipinski definition) is 6. The number of aldehydes is 1. The standard InChI is InChI=1S/C19H20O7/c1-9-14(23)6-12(21)7-16(25)18(9)10(2)19(17(26)8-20)11-3-4-13(22)15(24)5-11/h3-8,10,12,21-26H,1-2H3/b19-17-/t10-,12?/m1/s1. The Labute approximate surface area is 149 Å². The Kier molecular flexibility index (Phi) is 5.42. The lowest BCUT2D eigenvalue weighted by atomic mass is 9.83. The van der Waals surface area contributed by atoms with Gasteiger partial charge in [0.25, 0.3) is 0 Å².